The van der Waals surface area contributed by atoms with Gasteiger partial charge in [-0.15, -0.1) is 0 Å². The van der Waals surface area contributed by atoms with E-state index in [4.69, 9.17) is 0 Å². The smallest absolute Gasteiger partial charge is 0.123 e. The Bertz CT molecular complexity index is 1040. The van der Waals surface area contributed by atoms with Crippen molar-refractivity contribution in [3.63, 3.8) is 0 Å². The second kappa shape index (κ2) is 3.70. The van der Waals surface area contributed by atoms with Crippen molar-refractivity contribution in [2.75, 3.05) is 0 Å². The van der Waals surface area contributed by atoms with Crippen LogP contribution in [0, 0.1) is 5.82 Å². The highest BCUT2D eigenvalue weighted by Gasteiger charge is 2.22. The molecule has 4 aromatic carbocycles. The molecule has 0 heterocycles. The van der Waals surface area contributed by atoms with E-state index in [1.807, 2.05) is 12.1 Å². The van der Waals surface area contributed by atoms with Crippen molar-refractivity contribution in [2.24, 2.45) is 0 Å². The molecule has 0 aromatic heterocycles. The van der Waals surface area contributed by atoms with E-state index in [1.165, 1.54) is 27.1 Å². The summed E-state index contributed by atoms with van der Waals surface area (Å²) >= 11 is 0. The topological polar surface area (TPSA) is 0 Å². The maximum atomic E-state index is 13.7. The van der Waals surface area contributed by atoms with Crippen LogP contribution in [0.3, 0.4) is 0 Å². The van der Waals surface area contributed by atoms with Crippen LogP contribution in [0.15, 0.2) is 66.7 Å². The summed E-state index contributed by atoms with van der Waals surface area (Å²) in [6.45, 7) is 0. The third kappa shape index (κ3) is 1.33. The van der Waals surface area contributed by atoms with Crippen LogP contribution in [-0.4, -0.2) is 0 Å². The van der Waals surface area contributed by atoms with E-state index < -0.39 is 0 Å². The summed E-state index contributed by atoms with van der Waals surface area (Å²) in [7, 11) is 0. The third-order valence-electron chi connectivity index (χ3n) is 4.45. The van der Waals surface area contributed by atoms with E-state index in [-0.39, 0.29) is 5.82 Å². The van der Waals surface area contributed by atoms with Gasteiger partial charge in [0.15, 0.2) is 0 Å². The zero-order valence-electron chi connectivity index (χ0n) is 11.2. The van der Waals surface area contributed by atoms with Gasteiger partial charge in [-0.3, -0.25) is 0 Å². The van der Waals surface area contributed by atoms with Crippen LogP contribution in [-0.2, 0) is 0 Å². The number of hydrogen-bond donors (Lipinski definition) is 0. The monoisotopic (exact) mass is 270 g/mol. The molecule has 0 bridgehead atoms. The Labute approximate surface area is 121 Å². The second-order valence-electron chi connectivity index (χ2n) is 5.56. The lowest BCUT2D eigenvalue weighted by Gasteiger charge is -2.07. The van der Waals surface area contributed by atoms with Gasteiger partial charge in [0.2, 0.25) is 0 Å². The molecule has 0 N–H and O–H groups in total. The Morgan fingerprint density at radius 3 is 2.38 bits per heavy atom. The van der Waals surface area contributed by atoms with E-state index in [0.29, 0.717) is 0 Å². The first-order valence-corrected chi connectivity index (χ1v) is 7.08. The van der Waals surface area contributed by atoms with E-state index in [2.05, 4.69) is 42.5 Å². The Balaban J connectivity index is 2.08. The van der Waals surface area contributed by atoms with Gasteiger partial charge in [0, 0.05) is 0 Å². The first-order chi connectivity index (χ1) is 10.3. The normalized spacial score (nSPS) is 12.0. The molecule has 1 heteroatoms. The van der Waals surface area contributed by atoms with Crippen LogP contribution in [0.1, 0.15) is 0 Å². The molecule has 0 atom stereocenters. The summed E-state index contributed by atoms with van der Waals surface area (Å²) in [6, 6.07) is 22.0. The van der Waals surface area contributed by atoms with Gasteiger partial charge in [0.05, 0.1) is 0 Å². The summed E-state index contributed by atoms with van der Waals surface area (Å²) in [4.78, 5) is 0. The largest absolute Gasteiger partial charge is 0.207 e. The van der Waals surface area contributed by atoms with Crippen molar-refractivity contribution in [3.8, 4) is 22.3 Å². The van der Waals surface area contributed by atoms with E-state index >= 15 is 0 Å². The second-order valence-corrected chi connectivity index (χ2v) is 5.56. The standard InChI is InChI=1S/C20H11F/c21-13-8-9-15-17-7-3-6-16-14-5-2-1-4-12(14)10-19(20(16)17)18(15)11-13/h1-11H. The van der Waals surface area contributed by atoms with Crippen molar-refractivity contribution in [2.45, 2.75) is 0 Å². The van der Waals surface area contributed by atoms with E-state index in [9.17, 15) is 4.39 Å². The fourth-order valence-corrected chi connectivity index (χ4v) is 3.57. The van der Waals surface area contributed by atoms with Gasteiger partial charge in [-0.05, 0) is 62.0 Å². The number of halogens is 1. The van der Waals surface area contributed by atoms with Crippen LogP contribution >= 0.6 is 0 Å². The first kappa shape index (κ1) is 11.0. The molecule has 0 unspecified atom stereocenters. The lowest BCUT2D eigenvalue weighted by atomic mass is 9.97. The van der Waals surface area contributed by atoms with Crippen molar-refractivity contribution in [3.05, 3.63) is 72.5 Å². The lowest BCUT2D eigenvalue weighted by molar-refractivity contribution is 0.628. The molecule has 0 spiro atoms. The van der Waals surface area contributed by atoms with E-state index in [1.54, 1.807) is 12.1 Å². The molecular weight excluding hydrogens is 259 g/mol. The zero-order valence-corrected chi connectivity index (χ0v) is 11.2. The number of benzene rings is 4. The summed E-state index contributed by atoms with van der Waals surface area (Å²) in [5, 5.41) is 4.95. The highest BCUT2D eigenvalue weighted by atomic mass is 19.1. The van der Waals surface area contributed by atoms with Crippen LogP contribution in [0.2, 0.25) is 0 Å². The number of fused-ring (bicyclic) bond motifs is 5. The summed E-state index contributed by atoms with van der Waals surface area (Å²) in [5.41, 5.74) is 4.50. The molecule has 21 heavy (non-hydrogen) atoms. The Morgan fingerprint density at radius 2 is 1.43 bits per heavy atom. The SMILES string of the molecule is Fc1ccc2c(c1)-c1cc3ccccc3c3cccc-2c13. The summed E-state index contributed by atoms with van der Waals surface area (Å²) < 4.78 is 13.7. The predicted octanol–water partition coefficient (Wildman–Crippen LogP) is 5.78. The zero-order chi connectivity index (χ0) is 14.0. The number of hydrogen-bond acceptors (Lipinski definition) is 0. The predicted molar refractivity (Wildman–Crippen MR) is 85.8 cm³/mol. The average molecular weight is 270 g/mol. The van der Waals surface area contributed by atoms with Crippen LogP contribution in [0.4, 0.5) is 4.39 Å². The average Bonchev–Trinajstić information content (AvgIpc) is 2.83. The van der Waals surface area contributed by atoms with Gasteiger partial charge in [-0.2, -0.15) is 0 Å². The molecule has 0 aliphatic heterocycles. The van der Waals surface area contributed by atoms with Crippen molar-refractivity contribution < 1.29 is 4.39 Å². The van der Waals surface area contributed by atoms with Gasteiger partial charge >= 0.3 is 0 Å². The molecule has 0 fully saturated rings. The highest BCUT2D eigenvalue weighted by molar-refractivity contribution is 6.23. The minimum Gasteiger partial charge on any atom is -0.207 e. The Morgan fingerprint density at radius 1 is 0.571 bits per heavy atom. The molecule has 0 amide bonds. The molecule has 0 saturated carbocycles. The minimum absolute atomic E-state index is 0.178. The Kier molecular flexibility index (Phi) is 1.95. The molecule has 1 aliphatic carbocycles. The molecule has 0 saturated heterocycles. The molecule has 98 valence electrons. The van der Waals surface area contributed by atoms with E-state index in [0.717, 1.165) is 16.7 Å². The van der Waals surface area contributed by atoms with Crippen molar-refractivity contribution in [1.29, 1.82) is 0 Å². The summed E-state index contributed by atoms with van der Waals surface area (Å²) in [5.74, 6) is -0.178. The minimum atomic E-state index is -0.178. The molecule has 5 rings (SSSR count). The van der Waals surface area contributed by atoms with Gasteiger partial charge in [-0.25, -0.2) is 4.39 Å². The summed E-state index contributed by atoms with van der Waals surface area (Å²) in [6.07, 6.45) is 0. The quantitative estimate of drug-likeness (QED) is 0.313. The molecular formula is C20H11F. The fourth-order valence-electron chi connectivity index (χ4n) is 3.57. The van der Waals surface area contributed by atoms with Gasteiger partial charge in [0.25, 0.3) is 0 Å². The van der Waals surface area contributed by atoms with Crippen LogP contribution in [0.25, 0.3) is 43.8 Å². The highest BCUT2D eigenvalue weighted by Crippen LogP contribution is 2.49. The molecule has 0 nitrogen and oxygen atoms in total. The maximum absolute atomic E-state index is 13.7. The maximum Gasteiger partial charge on any atom is 0.123 e. The van der Waals surface area contributed by atoms with Gasteiger partial charge < -0.3 is 0 Å². The number of rotatable bonds is 0. The van der Waals surface area contributed by atoms with Crippen molar-refractivity contribution >= 4 is 21.5 Å². The molecule has 1 aliphatic rings. The Hall–Kier alpha value is -2.67. The van der Waals surface area contributed by atoms with Crippen LogP contribution in [0.5, 0.6) is 0 Å². The fraction of sp³-hybridized carbons (Fsp3) is 0. The lowest BCUT2D eigenvalue weighted by Crippen LogP contribution is -1.80. The van der Waals surface area contributed by atoms with Gasteiger partial charge in [0.1, 0.15) is 5.82 Å². The molecule has 0 radical (unpaired) electrons. The van der Waals surface area contributed by atoms with Crippen molar-refractivity contribution in [1.82, 2.24) is 0 Å². The van der Waals surface area contributed by atoms with Gasteiger partial charge in [-0.1, -0.05) is 48.5 Å². The first-order valence-electron chi connectivity index (χ1n) is 7.08. The van der Waals surface area contributed by atoms with Crippen LogP contribution < -0.4 is 0 Å². The third-order valence-corrected chi connectivity index (χ3v) is 4.45. The molecule has 4 aromatic rings.